The second-order valence-electron chi connectivity index (χ2n) is 6.83. The Labute approximate surface area is 179 Å². The van der Waals surface area contributed by atoms with Crippen molar-refractivity contribution in [3.8, 4) is 0 Å². The molecular weight excluding hydrogens is 406 g/mol. The van der Waals surface area contributed by atoms with E-state index in [4.69, 9.17) is 9.47 Å². The minimum atomic E-state index is -0.556. The average molecular weight is 432 g/mol. The van der Waals surface area contributed by atoms with E-state index in [-0.39, 0.29) is 18.9 Å². The Morgan fingerprint density at radius 2 is 1.90 bits per heavy atom. The fraction of sp³-hybridized carbons (Fsp3) is 0.381. The second kappa shape index (κ2) is 10.7. The van der Waals surface area contributed by atoms with E-state index in [1.54, 1.807) is 0 Å². The van der Waals surface area contributed by atoms with Gasteiger partial charge in [-0.25, -0.2) is 0 Å². The molecule has 2 aromatic rings. The number of esters is 1. The molecule has 0 bridgehead atoms. The van der Waals surface area contributed by atoms with E-state index in [0.29, 0.717) is 18.9 Å². The summed E-state index contributed by atoms with van der Waals surface area (Å²) in [6.45, 7) is 4.10. The molecule has 1 aromatic heterocycles. The largest absolute Gasteiger partial charge is 0.455 e. The Kier molecular flexibility index (Phi) is 7.81. The zero-order chi connectivity index (χ0) is 21.3. The maximum Gasteiger partial charge on any atom is 0.308 e. The van der Waals surface area contributed by atoms with Crippen molar-refractivity contribution < 1.29 is 23.9 Å². The van der Waals surface area contributed by atoms with Crippen LogP contribution < -0.4 is 15.5 Å². The zero-order valence-corrected chi connectivity index (χ0v) is 17.6. The summed E-state index contributed by atoms with van der Waals surface area (Å²) in [6.07, 6.45) is -0.0401. The molecule has 0 radical (unpaired) electrons. The molecule has 1 saturated heterocycles. The van der Waals surface area contributed by atoms with E-state index in [2.05, 4.69) is 15.5 Å². The van der Waals surface area contributed by atoms with Crippen LogP contribution in [0, 0.1) is 0 Å². The number of ether oxygens (including phenoxy) is 2. The van der Waals surface area contributed by atoms with Gasteiger partial charge in [0.25, 0.3) is 5.91 Å². The van der Waals surface area contributed by atoms with E-state index < -0.39 is 17.9 Å². The summed E-state index contributed by atoms with van der Waals surface area (Å²) < 4.78 is 10.4. The third kappa shape index (κ3) is 6.57. The molecule has 0 saturated carbocycles. The first kappa shape index (κ1) is 21.8. The van der Waals surface area contributed by atoms with Gasteiger partial charge in [-0.1, -0.05) is 6.07 Å². The van der Waals surface area contributed by atoms with E-state index in [1.807, 2.05) is 41.8 Å². The molecule has 2 N–H and O–H groups in total. The number of amides is 2. The molecule has 160 valence electrons. The van der Waals surface area contributed by atoms with Crippen LogP contribution in [0.25, 0.3) is 0 Å². The molecule has 0 spiro atoms. The molecular formula is C21H25N3O5S. The maximum atomic E-state index is 12.1. The van der Waals surface area contributed by atoms with Crippen molar-refractivity contribution in [3.63, 3.8) is 0 Å². The van der Waals surface area contributed by atoms with Gasteiger partial charge in [-0.3, -0.25) is 14.4 Å². The van der Waals surface area contributed by atoms with Crippen LogP contribution in [0.1, 0.15) is 24.3 Å². The van der Waals surface area contributed by atoms with Crippen LogP contribution in [0.5, 0.6) is 0 Å². The van der Waals surface area contributed by atoms with Crippen LogP contribution >= 0.6 is 11.3 Å². The number of nitrogens with zero attached hydrogens (tertiary/aromatic N) is 1. The molecule has 1 fully saturated rings. The van der Waals surface area contributed by atoms with Gasteiger partial charge in [-0.2, -0.15) is 0 Å². The lowest BCUT2D eigenvalue weighted by molar-refractivity contribution is -0.147. The number of benzene rings is 1. The third-order valence-corrected chi connectivity index (χ3v) is 5.51. The van der Waals surface area contributed by atoms with E-state index in [1.165, 1.54) is 18.3 Å². The number of hydrogen-bond donors (Lipinski definition) is 2. The minimum absolute atomic E-state index is 0.0401. The number of hydrogen-bond acceptors (Lipinski definition) is 7. The van der Waals surface area contributed by atoms with Crippen LogP contribution in [0.3, 0.4) is 0 Å². The van der Waals surface area contributed by atoms with Crippen molar-refractivity contribution >= 4 is 40.5 Å². The van der Waals surface area contributed by atoms with E-state index in [9.17, 15) is 14.4 Å². The summed E-state index contributed by atoms with van der Waals surface area (Å²) in [5.41, 5.74) is 1.70. The lowest BCUT2D eigenvalue weighted by Gasteiger charge is -2.28. The predicted molar refractivity (Wildman–Crippen MR) is 115 cm³/mol. The lowest BCUT2D eigenvalue weighted by atomic mass is 10.1. The van der Waals surface area contributed by atoms with Gasteiger partial charge in [0, 0.05) is 36.3 Å². The molecule has 1 aliphatic heterocycles. The monoisotopic (exact) mass is 431 g/mol. The van der Waals surface area contributed by atoms with Crippen molar-refractivity contribution in [2.24, 2.45) is 0 Å². The Bertz CT molecular complexity index is 848. The van der Waals surface area contributed by atoms with E-state index >= 15 is 0 Å². The molecule has 2 amide bonds. The highest BCUT2D eigenvalue weighted by Gasteiger charge is 2.20. The van der Waals surface area contributed by atoms with Gasteiger partial charge in [0.05, 0.1) is 25.7 Å². The Morgan fingerprint density at radius 1 is 1.17 bits per heavy atom. The minimum Gasteiger partial charge on any atom is -0.455 e. The van der Waals surface area contributed by atoms with Crippen LogP contribution in [-0.4, -0.2) is 50.7 Å². The standard InChI is InChI=1S/C21H25N3O5S/c1-15(25)22-18(19-3-2-12-30-19)13-21(27)29-14-20(26)23-16-4-6-17(7-5-16)24-8-10-28-11-9-24/h2-7,12,18H,8-11,13-14H2,1H3,(H,22,25)(H,23,26). The molecule has 9 heteroatoms. The number of anilines is 2. The molecule has 3 rings (SSSR count). The number of carbonyl (C=O) groups is 3. The molecule has 8 nitrogen and oxygen atoms in total. The average Bonchev–Trinajstić information content (AvgIpc) is 3.28. The summed E-state index contributed by atoms with van der Waals surface area (Å²) >= 11 is 1.44. The van der Waals surface area contributed by atoms with Gasteiger partial charge in [-0.05, 0) is 35.7 Å². The SMILES string of the molecule is CC(=O)NC(CC(=O)OCC(=O)Nc1ccc(N2CCOCC2)cc1)c1cccs1. The summed E-state index contributed by atoms with van der Waals surface area (Å²) in [7, 11) is 0. The first-order valence-electron chi connectivity index (χ1n) is 9.70. The topological polar surface area (TPSA) is 97.0 Å². The quantitative estimate of drug-likeness (QED) is 0.623. The summed E-state index contributed by atoms with van der Waals surface area (Å²) in [5.74, 6) is -1.21. The van der Waals surface area contributed by atoms with Crippen LogP contribution in [0.4, 0.5) is 11.4 Å². The van der Waals surface area contributed by atoms with Crippen molar-refractivity contribution in [3.05, 3.63) is 46.7 Å². The first-order valence-corrected chi connectivity index (χ1v) is 10.6. The predicted octanol–water partition coefficient (Wildman–Crippen LogP) is 2.33. The molecule has 1 aliphatic rings. The molecule has 0 aliphatic carbocycles. The number of morpholine rings is 1. The summed E-state index contributed by atoms with van der Waals surface area (Å²) in [4.78, 5) is 38.7. The fourth-order valence-corrected chi connectivity index (χ4v) is 3.88. The second-order valence-corrected chi connectivity index (χ2v) is 7.81. The van der Waals surface area contributed by atoms with Crippen molar-refractivity contribution in [2.75, 3.05) is 43.1 Å². The van der Waals surface area contributed by atoms with Gasteiger partial charge < -0.3 is 25.0 Å². The van der Waals surface area contributed by atoms with Crippen LogP contribution in [0.2, 0.25) is 0 Å². The third-order valence-electron chi connectivity index (χ3n) is 4.53. The Morgan fingerprint density at radius 3 is 2.53 bits per heavy atom. The summed E-state index contributed by atoms with van der Waals surface area (Å²) in [6, 6.07) is 10.7. The smallest absolute Gasteiger partial charge is 0.308 e. The summed E-state index contributed by atoms with van der Waals surface area (Å²) in [5, 5.41) is 7.31. The zero-order valence-electron chi connectivity index (χ0n) is 16.8. The van der Waals surface area contributed by atoms with Crippen LogP contribution in [0.15, 0.2) is 41.8 Å². The van der Waals surface area contributed by atoms with Gasteiger partial charge in [0.15, 0.2) is 6.61 Å². The number of thiophene rings is 1. The normalized spacial score (nSPS) is 14.6. The number of carbonyl (C=O) groups excluding carboxylic acids is 3. The molecule has 1 atom stereocenters. The molecule has 1 aromatic carbocycles. The first-order chi connectivity index (χ1) is 14.5. The van der Waals surface area contributed by atoms with Crippen LogP contribution in [-0.2, 0) is 23.9 Å². The Balaban J connectivity index is 1.45. The Hall–Kier alpha value is -2.91. The van der Waals surface area contributed by atoms with Crippen molar-refractivity contribution in [1.29, 1.82) is 0 Å². The van der Waals surface area contributed by atoms with Gasteiger partial charge >= 0.3 is 5.97 Å². The molecule has 30 heavy (non-hydrogen) atoms. The maximum absolute atomic E-state index is 12.1. The van der Waals surface area contributed by atoms with Gasteiger partial charge in [0.1, 0.15) is 0 Å². The van der Waals surface area contributed by atoms with Crippen molar-refractivity contribution in [1.82, 2.24) is 5.32 Å². The highest BCUT2D eigenvalue weighted by atomic mass is 32.1. The lowest BCUT2D eigenvalue weighted by Crippen LogP contribution is -2.36. The van der Waals surface area contributed by atoms with Crippen molar-refractivity contribution in [2.45, 2.75) is 19.4 Å². The van der Waals surface area contributed by atoms with Gasteiger partial charge in [-0.15, -0.1) is 11.3 Å². The molecule has 1 unspecified atom stereocenters. The highest BCUT2D eigenvalue weighted by molar-refractivity contribution is 7.10. The van der Waals surface area contributed by atoms with Gasteiger partial charge in [0.2, 0.25) is 5.91 Å². The van der Waals surface area contributed by atoms with E-state index in [0.717, 1.165) is 23.7 Å². The number of nitrogens with one attached hydrogen (secondary N) is 2. The highest BCUT2D eigenvalue weighted by Crippen LogP contribution is 2.22. The number of rotatable bonds is 8. The molecule has 2 heterocycles. The fourth-order valence-electron chi connectivity index (χ4n) is 3.10.